The summed E-state index contributed by atoms with van der Waals surface area (Å²) in [5, 5.41) is 4.26. The smallest absolute Gasteiger partial charge is 0.225 e. The number of aryl methyl sites for hydroxylation is 1. The molecule has 3 atom stereocenters. The maximum absolute atomic E-state index is 13.2. The molecular formula is C19H32Cl2N4O2. The van der Waals surface area contributed by atoms with E-state index in [2.05, 4.69) is 12.0 Å². The second kappa shape index (κ2) is 8.68. The number of morpholine rings is 1. The summed E-state index contributed by atoms with van der Waals surface area (Å²) in [6.07, 6.45) is 9.43. The zero-order chi connectivity index (χ0) is 17.6. The molecule has 0 spiro atoms. The highest BCUT2D eigenvalue weighted by molar-refractivity contribution is 5.85. The lowest BCUT2D eigenvalue weighted by Gasteiger charge is -2.46. The Morgan fingerprint density at radius 2 is 1.96 bits per heavy atom. The molecule has 154 valence electrons. The molecule has 0 radical (unpaired) electrons. The van der Waals surface area contributed by atoms with Gasteiger partial charge in [0.1, 0.15) is 5.60 Å². The third-order valence-corrected chi connectivity index (χ3v) is 6.66. The molecule has 3 aliphatic rings. The first-order valence-corrected chi connectivity index (χ1v) is 9.64. The first-order chi connectivity index (χ1) is 12.0. The van der Waals surface area contributed by atoms with Crippen LogP contribution < -0.4 is 5.73 Å². The normalized spacial score (nSPS) is 35.7. The minimum Gasteiger partial charge on any atom is -0.367 e. The average molecular weight is 419 g/mol. The molecule has 2 bridgehead atoms. The van der Waals surface area contributed by atoms with Crippen LogP contribution in [0.15, 0.2) is 12.4 Å². The fourth-order valence-corrected chi connectivity index (χ4v) is 5.18. The van der Waals surface area contributed by atoms with Gasteiger partial charge in [0.25, 0.3) is 0 Å². The molecule has 4 rings (SSSR count). The van der Waals surface area contributed by atoms with E-state index >= 15 is 0 Å². The summed E-state index contributed by atoms with van der Waals surface area (Å²) >= 11 is 0. The van der Waals surface area contributed by atoms with E-state index in [-0.39, 0.29) is 30.7 Å². The number of amides is 1. The summed E-state index contributed by atoms with van der Waals surface area (Å²) in [6.45, 7) is 3.94. The van der Waals surface area contributed by atoms with Crippen molar-refractivity contribution in [3.05, 3.63) is 18.0 Å². The third kappa shape index (κ3) is 4.29. The van der Waals surface area contributed by atoms with Gasteiger partial charge in [0, 0.05) is 37.3 Å². The van der Waals surface area contributed by atoms with Crippen molar-refractivity contribution in [3.63, 3.8) is 0 Å². The van der Waals surface area contributed by atoms with Crippen LogP contribution in [0.2, 0.25) is 0 Å². The van der Waals surface area contributed by atoms with Crippen molar-refractivity contribution in [1.29, 1.82) is 0 Å². The third-order valence-electron chi connectivity index (χ3n) is 6.66. The Labute approximate surface area is 174 Å². The fraction of sp³-hybridized carbons (Fsp3) is 0.789. The minimum absolute atomic E-state index is 0. The van der Waals surface area contributed by atoms with Crippen LogP contribution in [0.3, 0.4) is 0 Å². The number of ether oxygens (including phenoxy) is 1. The highest BCUT2D eigenvalue weighted by atomic mass is 35.5. The Bertz CT molecular complexity index is 641. The van der Waals surface area contributed by atoms with Crippen LogP contribution in [0.5, 0.6) is 0 Å². The van der Waals surface area contributed by atoms with Crippen LogP contribution >= 0.6 is 24.8 Å². The number of halogens is 2. The molecule has 1 saturated heterocycles. The lowest BCUT2D eigenvalue weighted by molar-refractivity contribution is -0.156. The van der Waals surface area contributed by atoms with E-state index in [9.17, 15) is 4.79 Å². The summed E-state index contributed by atoms with van der Waals surface area (Å²) in [4.78, 5) is 15.2. The van der Waals surface area contributed by atoms with Gasteiger partial charge in [-0.1, -0.05) is 6.42 Å². The molecule has 2 aliphatic carbocycles. The second-order valence-corrected chi connectivity index (χ2v) is 8.44. The molecule has 1 aromatic rings. The Morgan fingerprint density at radius 1 is 1.30 bits per heavy atom. The molecule has 3 unspecified atom stereocenters. The van der Waals surface area contributed by atoms with Crippen LogP contribution in [-0.2, 0) is 22.2 Å². The van der Waals surface area contributed by atoms with Crippen molar-refractivity contribution < 1.29 is 9.53 Å². The summed E-state index contributed by atoms with van der Waals surface area (Å²) in [5.74, 6) is 1.52. The molecular weight excluding hydrogens is 387 g/mol. The summed E-state index contributed by atoms with van der Waals surface area (Å²) in [5.41, 5.74) is 6.96. The van der Waals surface area contributed by atoms with Gasteiger partial charge < -0.3 is 15.4 Å². The van der Waals surface area contributed by atoms with E-state index in [0.29, 0.717) is 43.5 Å². The molecule has 1 aromatic heterocycles. The fourth-order valence-electron chi connectivity index (χ4n) is 5.18. The average Bonchev–Trinajstić information content (AvgIpc) is 3.01. The van der Waals surface area contributed by atoms with Gasteiger partial charge in [-0.25, -0.2) is 0 Å². The highest BCUT2D eigenvalue weighted by Crippen LogP contribution is 2.43. The summed E-state index contributed by atoms with van der Waals surface area (Å²) < 4.78 is 7.84. The van der Waals surface area contributed by atoms with E-state index < -0.39 is 5.60 Å². The zero-order valence-corrected chi connectivity index (χ0v) is 17.8. The van der Waals surface area contributed by atoms with Crippen molar-refractivity contribution in [3.8, 4) is 0 Å². The van der Waals surface area contributed by atoms with Gasteiger partial charge in [0.2, 0.25) is 5.91 Å². The first kappa shape index (κ1) is 22.5. The van der Waals surface area contributed by atoms with Crippen LogP contribution in [0.25, 0.3) is 0 Å². The van der Waals surface area contributed by atoms with Crippen molar-refractivity contribution in [1.82, 2.24) is 14.7 Å². The Morgan fingerprint density at radius 3 is 2.56 bits per heavy atom. The molecule has 27 heavy (non-hydrogen) atoms. The molecule has 1 amide bonds. The molecule has 8 heteroatoms. The maximum atomic E-state index is 13.2. The standard InChI is InChI=1S/C19H30N4O2.2ClH/c1-19(16-10-21-22(2)11-16)12-23(6-7-25-19)18(24)15-8-13-4-3-5-14(9-15)17(13)20;;/h10-11,13-15,17H,3-9,12,20H2,1-2H3;2*1H. The monoisotopic (exact) mass is 418 g/mol. The Hall–Kier alpha value is -0.820. The predicted octanol–water partition coefficient (Wildman–Crippen LogP) is 2.49. The SMILES string of the molecule is Cl.Cl.Cn1cc(C2(C)CN(C(=O)C3CC4CCCC(C3)C4N)CCO2)cn1. The molecule has 6 nitrogen and oxygen atoms in total. The lowest BCUT2D eigenvalue weighted by atomic mass is 9.65. The zero-order valence-electron chi connectivity index (χ0n) is 16.2. The lowest BCUT2D eigenvalue weighted by Crippen LogP contribution is -2.54. The number of fused-ring (bicyclic) bond motifs is 2. The van der Waals surface area contributed by atoms with Crippen LogP contribution in [0, 0.1) is 17.8 Å². The number of carbonyl (C=O) groups excluding carboxylic acids is 1. The first-order valence-electron chi connectivity index (χ1n) is 9.64. The van der Waals surface area contributed by atoms with E-state index in [1.165, 1.54) is 19.3 Å². The molecule has 1 aliphatic heterocycles. The van der Waals surface area contributed by atoms with Gasteiger partial charge >= 0.3 is 0 Å². The quantitative estimate of drug-likeness (QED) is 0.800. The van der Waals surface area contributed by atoms with Gasteiger partial charge in [0.05, 0.1) is 19.3 Å². The van der Waals surface area contributed by atoms with Gasteiger partial charge in [0.15, 0.2) is 0 Å². The summed E-state index contributed by atoms with van der Waals surface area (Å²) in [7, 11) is 1.91. The Kier molecular flexibility index (Phi) is 7.22. The maximum Gasteiger partial charge on any atom is 0.225 e. The largest absolute Gasteiger partial charge is 0.367 e. The minimum atomic E-state index is -0.469. The second-order valence-electron chi connectivity index (χ2n) is 8.44. The van der Waals surface area contributed by atoms with Crippen molar-refractivity contribution in [2.45, 2.75) is 50.7 Å². The number of hydrogen-bond donors (Lipinski definition) is 1. The van der Waals surface area contributed by atoms with Crippen LogP contribution in [0.1, 0.15) is 44.6 Å². The number of nitrogens with zero attached hydrogens (tertiary/aromatic N) is 3. The van der Waals surface area contributed by atoms with Crippen molar-refractivity contribution in [2.24, 2.45) is 30.5 Å². The predicted molar refractivity (Wildman–Crippen MR) is 109 cm³/mol. The number of aromatic nitrogens is 2. The number of carbonyl (C=O) groups is 1. The van der Waals surface area contributed by atoms with Crippen LogP contribution in [-0.4, -0.2) is 46.3 Å². The molecule has 2 saturated carbocycles. The number of hydrogen-bond acceptors (Lipinski definition) is 4. The van der Waals surface area contributed by atoms with Gasteiger partial charge in [-0.3, -0.25) is 9.48 Å². The van der Waals surface area contributed by atoms with E-state index in [1.807, 2.05) is 24.3 Å². The van der Waals surface area contributed by atoms with Crippen molar-refractivity contribution in [2.75, 3.05) is 19.7 Å². The number of rotatable bonds is 2. The van der Waals surface area contributed by atoms with Crippen LogP contribution in [0.4, 0.5) is 0 Å². The molecule has 2 heterocycles. The Balaban J connectivity index is 0.00000131. The van der Waals surface area contributed by atoms with E-state index in [0.717, 1.165) is 18.4 Å². The molecule has 0 aromatic carbocycles. The van der Waals surface area contributed by atoms with E-state index in [1.54, 1.807) is 4.68 Å². The molecule has 2 N–H and O–H groups in total. The topological polar surface area (TPSA) is 73.4 Å². The van der Waals surface area contributed by atoms with Gasteiger partial charge in [-0.15, -0.1) is 24.8 Å². The number of nitrogens with two attached hydrogens (primary N) is 1. The highest BCUT2D eigenvalue weighted by Gasteiger charge is 2.44. The molecule has 3 fully saturated rings. The van der Waals surface area contributed by atoms with E-state index in [4.69, 9.17) is 10.5 Å². The van der Waals surface area contributed by atoms with Crippen molar-refractivity contribution >= 4 is 30.7 Å². The summed E-state index contributed by atoms with van der Waals surface area (Å²) in [6, 6.07) is 0.308. The van der Waals surface area contributed by atoms with Gasteiger partial charge in [-0.2, -0.15) is 5.10 Å². The van der Waals surface area contributed by atoms with Gasteiger partial charge in [-0.05, 0) is 44.4 Å².